The first-order valence-corrected chi connectivity index (χ1v) is 4.83. The van der Waals surface area contributed by atoms with Gasteiger partial charge in [0.05, 0.1) is 6.20 Å². The summed E-state index contributed by atoms with van der Waals surface area (Å²) in [6.07, 6.45) is 1.52. The number of hydrogen-bond acceptors (Lipinski definition) is 3. The molecule has 78 valence electrons. The van der Waals surface area contributed by atoms with E-state index in [0.717, 1.165) is 16.4 Å². The molecule has 16 heavy (non-hydrogen) atoms. The highest BCUT2D eigenvalue weighted by Gasteiger charge is 2.09. The summed E-state index contributed by atoms with van der Waals surface area (Å²) >= 11 is 0. The van der Waals surface area contributed by atoms with Crippen LogP contribution in [0.1, 0.15) is 10.5 Å². The summed E-state index contributed by atoms with van der Waals surface area (Å²) in [5, 5.41) is 1.82. The molecule has 2 N–H and O–H groups in total. The molecule has 0 bridgehead atoms. The summed E-state index contributed by atoms with van der Waals surface area (Å²) in [6, 6.07) is 9.28. The number of furan rings is 1. The van der Waals surface area contributed by atoms with Crippen molar-refractivity contribution in [1.29, 1.82) is 0 Å². The summed E-state index contributed by atoms with van der Waals surface area (Å²) in [4.78, 5) is 15.0. The van der Waals surface area contributed by atoms with Gasteiger partial charge in [0, 0.05) is 10.8 Å². The molecule has 2 aromatic heterocycles. The van der Waals surface area contributed by atoms with E-state index < -0.39 is 5.91 Å². The predicted molar refractivity (Wildman–Crippen MR) is 60.0 cm³/mol. The average Bonchev–Trinajstić information content (AvgIpc) is 2.66. The van der Waals surface area contributed by atoms with E-state index in [4.69, 9.17) is 10.2 Å². The number of carbonyl (C=O) groups is 1. The molecular formula is C12H8N2O2. The van der Waals surface area contributed by atoms with Crippen molar-refractivity contribution in [2.24, 2.45) is 5.73 Å². The lowest BCUT2D eigenvalue weighted by atomic mass is 10.1. The van der Waals surface area contributed by atoms with E-state index in [-0.39, 0.29) is 5.69 Å². The van der Waals surface area contributed by atoms with Crippen molar-refractivity contribution in [3.8, 4) is 0 Å². The normalized spacial score (nSPS) is 11.0. The maximum Gasteiger partial charge on any atom is 0.267 e. The zero-order valence-electron chi connectivity index (χ0n) is 8.31. The topological polar surface area (TPSA) is 69.1 Å². The maximum absolute atomic E-state index is 11.0. The quantitative estimate of drug-likeness (QED) is 0.671. The Morgan fingerprint density at radius 2 is 2.00 bits per heavy atom. The molecule has 0 saturated carbocycles. The van der Waals surface area contributed by atoms with Crippen molar-refractivity contribution in [2.45, 2.75) is 0 Å². The summed E-state index contributed by atoms with van der Waals surface area (Å²) in [7, 11) is 0. The van der Waals surface area contributed by atoms with Crippen LogP contribution in [0.3, 0.4) is 0 Å². The van der Waals surface area contributed by atoms with Gasteiger partial charge in [-0.05, 0) is 12.1 Å². The first-order valence-electron chi connectivity index (χ1n) is 4.83. The molecule has 4 heteroatoms. The third-order valence-electron chi connectivity index (χ3n) is 2.52. The van der Waals surface area contributed by atoms with Crippen molar-refractivity contribution >= 4 is 27.8 Å². The van der Waals surface area contributed by atoms with Gasteiger partial charge in [-0.3, -0.25) is 4.79 Å². The molecule has 3 aromatic rings. The highest BCUT2D eigenvalue weighted by molar-refractivity contribution is 6.06. The van der Waals surface area contributed by atoms with Crippen LogP contribution in [0.5, 0.6) is 0 Å². The summed E-state index contributed by atoms with van der Waals surface area (Å²) < 4.78 is 5.57. The van der Waals surface area contributed by atoms with Crippen LogP contribution in [0.15, 0.2) is 40.9 Å². The van der Waals surface area contributed by atoms with Crippen LogP contribution in [-0.4, -0.2) is 10.9 Å². The summed E-state index contributed by atoms with van der Waals surface area (Å²) in [5.74, 6) is -0.535. The summed E-state index contributed by atoms with van der Waals surface area (Å²) in [5.41, 5.74) is 6.87. The first-order chi connectivity index (χ1) is 7.75. The highest BCUT2D eigenvalue weighted by atomic mass is 16.3. The Morgan fingerprint density at radius 3 is 2.81 bits per heavy atom. The number of primary amides is 1. The van der Waals surface area contributed by atoms with Gasteiger partial charge < -0.3 is 10.2 Å². The van der Waals surface area contributed by atoms with Gasteiger partial charge in [-0.15, -0.1) is 0 Å². The minimum atomic E-state index is -0.535. The van der Waals surface area contributed by atoms with Crippen LogP contribution >= 0.6 is 0 Å². The number of amides is 1. The lowest BCUT2D eigenvalue weighted by molar-refractivity contribution is 0.0996. The first kappa shape index (κ1) is 8.91. The number of fused-ring (bicyclic) bond motifs is 3. The number of aromatic nitrogens is 1. The van der Waals surface area contributed by atoms with Crippen LogP contribution in [0.25, 0.3) is 21.9 Å². The van der Waals surface area contributed by atoms with Crippen molar-refractivity contribution in [1.82, 2.24) is 4.98 Å². The smallest absolute Gasteiger partial charge is 0.267 e. The third-order valence-corrected chi connectivity index (χ3v) is 2.52. The Hall–Kier alpha value is -2.36. The van der Waals surface area contributed by atoms with E-state index >= 15 is 0 Å². The molecule has 1 amide bonds. The second-order valence-electron chi connectivity index (χ2n) is 3.53. The highest BCUT2D eigenvalue weighted by Crippen LogP contribution is 2.27. The van der Waals surface area contributed by atoms with E-state index in [0.29, 0.717) is 5.58 Å². The standard InChI is InChI=1S/C12H8N2O2/c13-12(15)9-5-8-7-3-1-2-4-10(7)16-11(8)6-14-9/h1-6H,(H2,13,15). The van der Waals surface area contributed by atoms with E-state index in [1.807, 2.05) is 24.3 Å². The monoisotopic (exact) mass is 212 g/mol. The minimum absolute atomic E-state index is 0.249. The third kappa shape index (κ3) is 1.16. The van der Waals surface area contributed by atoms with Crippen molar-refractivity contribution in [3.63, 3.8) is 0 Å². The molecule has 2 heterocycles. The van der Waals surface area contributed by atoms with E-state index in [1.165, 1.54) is 6.20 Å². The second-order valence-corrected chi connectivity index (χ2v) is 3.53. The van der Waals surface area contributed by atoms with Gasteiger partial charge in [0.15, 0.2) is 5.58 Å². The number of carbonyl (C=O) groups excluding carboxylic acids is 1. The molecule has 0 saturated heterocycles. The molecule has 0 aliphatic carbocycles. The fourth-order valence-corrected chi connectivity index (χ4v) is 1.77. The van der Waals surface area contributed by atoms with E-state index in [1.54, 1.807) is 6.07 Å². The van der Waals surface area contributed by atoms with E-state index in [2.05, 4.69) is 4.98 Å². The minimum Gasteiger partial charge on any atom is -0.454 e. The van der Waals surface area contributed by atoms with Gasteiger partial charge >= 0.3 is 0 Å². The molecule has 1 aromatic carbocycles. The molecule has 0 fully saturated rings. The Balaban J connectivity index is 2.44. The molecule has 0 unspecified atom stereocenters. The number of nitrogens with two attached hydrogens (primary N) is 1. The second kappa shape index (κ2) is 3.06. The Labute approximate surface area is 90.7 Å². The SMILES string of the molecule is NC(=O)c1cc2c(cn1)oc1ccccc12. The van der Waals surface area contributed by atoms with Gasteiger partial charge in [0.2, 0.25) is 0 Å². The number of nitrogens with zero attached hydrogens (tertiary/aromatic N) is 1. The number of para-hydroxylation sites is 1. The van der Waals surface area contributed by atoms with Gasteiger partial charge in [-0.1, -0.05) is 18.2 Å². The Bertz CT molecular complexity index is 700. The summed E-state index contributed by atoms with van der Waals surface area (Å²) in [6.45, 7) is 0. The molecule has 0 aliphatic rings. The molecule has 0 aliphatic heterocycles. The molecule has 0 atom stereocenters. The zero-order chi connectivity index (χ0) is 11.1. The fourth-order valence-electron chi connectivity index (χ4n) is 1.77. The van der Waals surface area contributed by atoms with Crippen molar-refractivity contribution in [2.75, 3.05) is 0 Å². The molecule has 3 rings (SSSR count). The molecule has 4 nitrogen and oxygen atoms in total. The lowest BCUT2D eigenvalue weighted by Gasteiger charge is -1.93. The van der Waals surface area contributed by atoms with Gasteiger partial charge in [0.1, 0.15) is 11.3 Å². The lowest BCUT2D eigenvalue weighted by Crippen LogP contribution is -2.12. The number of benzene rings is 1. The molecule has 0 spiro atoms. The number of pyridine rings is 1. The van der Waals surface area contributed by atoms with Gasteiger partial charge in [0.25, 0.3) is 5.91 Å². The molecular weight excluding hydrogens is 204 g/mol. The van der Waals surface area contributed by atoms with Crippen molar-refractivity contribution in [3.05, 3.63) is 42.2 Å². The number of hydrogen-bond donors (Lipinski definition) is 1. The zero-order valence-corrected chi connectivity index (χ0v) is 8.31. The Morgan fingerprint density at radius 1 is 1.19 bits per heavy atom. The largest absolute Gasteiger partial charge is 0.454 e. The van der Waals surface area contributed by atoms with Crippen LogP contribution in [0.4, 0.5) is 0 Å². The van der Waals surface area contributed by atoms with Gasteiger partial charge in [-0.2, -0.15) is 0 Å². The van der Waals surface area contributed by atoms with Crippen LogP contribution < -0.4 is 5.73 Å². The fraction of sp³-hybridized carbons (Fsp3) is 0. The average molecular weight is 212 g/mol. The molecule has 0 radical (unpaired) electrons. The van der Waals surface area contributed by atoms with Gasteiger partial charge in [-0.25, -0.2) is 4.98 Å². The van der Waals surface area contributed by atoms with Crippen molar-refractivity contribution < 1.29 is 9.21 Å². The van der Waals surface area contributed by atoms with E-state index in [9.17, 15) is 4.79 Å². The maximum atomic E-state index is 11.0. The number of rotatable bonds is 1. The van der Waals surface area contributed by atoms with Crippen LogP contribution in [-0.2, 0) is 0 Å². The Kier molecular flexibility index (Phi) is 1.71. The van der Waals surface area contributed by atoms with Crippen LogP contribution in [0.2, 0.25) is 0 Å². The predicted octanol–water partition coefficient (Wildman–Crippen LogP) is 2.08. The van der Waals surface area contributed by atoms with Crippen LogP contribution in [0, 0.1) is 0 Å².